The van der Waals surface area contributed by atoms with Gasteiger partial charge in [-0.1, -0.05) is 67.9 Å². The average molecular weight is 572 g/mol. The van der Waals surface area contributed by atoms with Crippen LogP contribution in [0.3, 0.4) is 0 Å². The maximum Gasteiger partial charge on any atom is 0.254 e. The van der Waals surface area contributed by atoms with Gasteiger partial charge in [0.2, 0.25) is 5.91 Å². The first-order valence-electron chi connectivity index (χ1n) is 14.0. The summed E-state index contributed by atoms with van der Waals surface area (Å²) in [5.41, 5.74) is 3.67. The average Bonchev–Trinajstić information content (AvgIpc) is 3.41. The van der Waals surface area contributed by atoms with Gasteiger partial charge in [-0.3, -0.25) is 9.59 Å². The van der Waals surface area contributed by atoms with Gasteiger partial charge in [0.25, 0.3) is 5.91 Å². The maximum absolute atomic E-state index is 14.0. The summed E-state index contributed by atoms with van der Waals surface area (Å²) < 4.78 is 7.54. The minimum Gasteiger partial charge on any atom is -0.497 e. The molecule has 41 heavy (non-hydrogen) atoms. The molecule has 0 unspecified atom stereocenters. The molecular formula is C34H38ClN3O3. The minimum atomic E-state index is -0.170. The van der Waals surface area contributed by atoms with Crippen molar-refractivity contribution in [2.24, 2.45) is 5.92 Å². The number of carbonyl (C=O) groups is 2. The van der Waals surface area contributed by atoms with E-state index in [1.165, 1.54) is 0 Å². The van der Waals surface area contributed by atoms with E-state index in [0.29, 0.717) is 42.7 Å². The van der Waals surface area contributed by atoms with Crippen LogP contribution >= 0.6 is 11.6 Å². The Bertz CT molecular complexity index is 1420. The monoisotopic (exact) mass is 571 g/mol. The summed E-state index contributed by atoms with van der Waals surface area (Å²) in [6, 6.07) is 28.8. The molecule has 1 aromatic heterocycles. The Kier molecular flexibility index (Phi) is 10.6. The molecular weight excluding hydrogens is 534 g/mol. The van der Waals surface area contributed by atoms with Crippen molar-refractivity contribution in [1.82, 2.24) is 14.4 Å². The van der Waals surface area contributed by atoms with Gasteiger partial charge in [0.15, 0.2) is 0 Å². The molecule has 0 spiro atoms. The first kappa shape index (κ1) is 29.9. The highest BCUT2D eigenvalue weighted by atomic mass is 35.5. The Balaban J connectivity index is 1.57. The van der Waals surface area contributed by atoms with Crippen LogP contribution in [0.2, 0.25) is 5.02 Å². The van der Waals surface area contributed by atoms with Gasteiger partial charge in [0.05, 0.1) is 13.7 Å². The van der Waals surface area contributed by atoms with Crippen molar-refractivity contribution in [3.8, 4) is 5.75 Å². The van der Waals surface area contributed by atoms with E-state index in [-0.39, 0.29) is 18.4 Å². The van der Waals surface area contributed by atoms with E-state index >= 15 is 0 Å². The largest absolute Gasteiger partial charge is 0.497 e. The first-order valence-corrected chi connectivity index (χ1v) is 14.3. The van der Waals surface area contributed by atoms with Gasteiger partial charge in [-0.25, -0.2) is 0 Å². The molecule has 0 saturated heterocycles. The van der Waals surface area contributed by atoms with E-state index in [1.54, 1.807) is 36.3 Å². The number of amides is 2. The third-order valence-electron chi connectivity index (χ3n) is 7.01. The van der Waals surface area contributed by atoms with Gasteiger partial charge in [0.1, 0.15) is 12.3 Å². The zero-order valence-electron chi connectivity index (χ0n) is 24.0. The molecule has 0 aliphatic carbocycles. The number of benzene rings is 3. The van der Waals surface area contributed by atoms with E-state index in [2.05, 4.69) is 24.5 Å². The molecule has 7 heteroatoms. The van der Waals surface area contributed by atoms with Crippen molar-refractivity contribution in [2.45, 2.75) is 39.9 Å². The number of rotatable bonds is 13. The summed E-state index contributed by atoms with van der Waals surface area (Å²) in [6.07, 6.45) is 2.83. The molecule has 2 amide bonds. The van der Waals surface area contributed by atoms with Crippen molar-refractivity contribution in [3.63, 3.8) is 0 Å². The number of hydrogen-bond donors (Lipinski definition) is 0. The molecule has 1 heterocycles. The maximum atomic E-state index is 14.0. The Morgan fingerprint density at radius 1 is 0.854 bits per heavy atom. The fourth-order valence-electron chi connectivity index (χ4n) is 4.65. The van der Waals surface area contributed by atoms with Crippen LogP contribution < -0.4 is 4.74 Å². The highest BCUT2D eigenvalue weighted by Crippen LogP contribution is 2.18. The lowest BCUT2D eigenvalue weighted by molar-refractivity contribution is -0.133. The van der Waals surface area contributed by atoms with Gasteiger partial charge < -0.3 is 19.1 Å². The summed E-state index contributed by atoms with van der Waals surface area (Å²) in [7, 11) is 1.66. The van der Waals surface area contributed by atoms with Crippen LogP contribution in [0, 0.1) is 5.92 Å². The zero-order chi connectivity index (χ0) is 29.2. The molecule has 3 aromatic carbocycles. The molecule has 0 bridgehead atoms. The van der Waals surface area contributed by atoms with E-state index in [0.717, 1.165) is 29.0 Å². The summed E-state index contributed by atoms with van der Waals surface area (Å²) in [5, 5.41) is 0.567. The Morgan fingerprint density at radius 3 is 2.29 bits per heavy atom. The summed E-state index contributed by atoms with van der Waals surface area (Å²) in [4.78, 5) is 31.0. The predicted octanol–water partition coefficient (Wildman–Crippen LogP) is 6.92. The van der Waals surface area contributed by atoms with Crippen molar-refractivity contribution < 1.29 is 14.3 Å². The lowest BCUT2D eigenvalue weighted by Gasteiger charge is -2.29. The van der Waals surface area contributed by atoms with Crippen LogP contribution in [0.4, 0.5) is 0 Å². The molecule has 4 aromatic rings. The van der Waals surface area contributed by atoms with Crippen LogP contribution in [0.15, 0.2) is 97.2 Å². The van der Waals surface area contributed by atoms with Crippen molar-refractivity contribution in [1.29, 1.82) is 0 Å². The first-order chi connectivity index (χ1) is 19.8. The fourth-order valence-corrected chi connectivity index (χ4v) is 4.78. The lowest BCUT2D eigenvalue weighted by Crippen LogP contribution is -2.43. The van der Waals surface area contributed by atoms with Crippen molar-refractivity contribution >= 4 is 23.4 Å². The zero-order valence-corrected chi connectivity index (χ0v) is 24.8. The normalized spacial score (nSPS) is 11.0. The fraction of sp³-hybridized carbons (Fsp3) is 0.294. The van der Waals surface area contributed by atoms with E-state index in [1.807, 2.05) is 71.8 Å². The third-order valence-corrected chi connectivity index (χ3v) is 7.27. The van der Waals surface area contributed by atoms with Crippen LogP contribution in [0.5, 0.6) is 5.75 Å². The second-order valence-corrected chi connectivity index (χ2v) is 11.1. The van der Waals surface area contributed by atoms with Crippen LogP contribution in [0.25, 0.3) is 0 Å². The van der Waals surface area contributed by atoms with Gasteiger partial charge in [-0.05, 0) is 72.0 Å². The number of methoxy groups -OCH3 is 1. The number of hydrogen-bond acceptors (Lipinski definition) is 3. The summed E-state index contributed by atoms with van der Waals surface area (Å²) >= 11 is 6.05. The molecule has 0 fully saturated rings. The Hall–Kier alpha value is -4.03. The van der Waals surface area contributed by atoms with Gasteiger partial charge in [-0.15, -0.1) is 0 Å². The molecule has 0 aliphatic heterocycles. The van der Waals surface area contributed by atoms with Gasteiger partial charge in [0, 0.05) is 42.1 Å². The van der Waals surface area contributed by atoms with Crippen LogP contribution in [-0.4, -0.2) is 46.4 Å². The molecule has 0 aliphatic rings. The topological polar surface area (TPSA) is 54.8 Å². The van der Waals surface area contributed by atoms with Gasteiger partial charge in [-0.2, -0.15) is 0 Å². The van der Waals surface area contributed by atoms with Gasteiger partial charge >= 0.3 is 0 Å². The minimum absolute atomic E-state index is 0.00237. The summed E-state index contributed by atoms with van der Waals surface area (Å²) in [5.74, 6) is 0.931. The molecule has 0 radical (unpaired) electrons. The van der Waals surface area contributed by atoms with Crippen molar-refractivity contribution in [3.05, 3.63) is 125 Å². The highest BCUT2D eigenvalue weighted by molar-refractivity contribution is 6.30. The number of carbonyl (C=O) groups excluding carboxylic acids is 2. The molecule has 0 atom stereocenters. The van der Waals surface area contributed by atoms with Crippen LogP contribution in [-0.2, 0) is 24.4 Å². The molecule has 0 N–H and O–H groups in total. The highest BCUT2D eigenvalue weighted by Gasteiger charge is 2.24. The second-order valence-electron chi connectivity index (χ2n) is 10.6. The molecule has 4 rings (SSSR count). The number of nitrogens with zero attached hydrogens (tertiary/aromatic N) is 3. The number of aromatic nitrogens is 1. The third kappa shape index (κ3) is 8.73. The Morgan fingerprint density at radius 2 is 1.59 bits per heavy atom. The molecule has 0 saturated carbocycles. The predicted molar refractivity (Wildman–Crippen MR) is 164 cm³/mol. The summed E-state index contributed by atoms with van der Waals surface area (Å²) in [6.45, 7) is 6.24. The molecule has 214 valence electrons. The Labute approximate surface area is 248 Å². The number of ether oxygens (including phenoxy) is 1. The lowest BCUT2D eigenvalue weighted by atomic mass is 10.1. The standard InChI is InChI=1S/C34H38ClN3O3/c1-26(2)18-20-37(34(40)29-14-16-30(35)17-15-29)25-33(39)38(22-27-9-5-4-6-10-27)24-31-12-8-19-36(31)23-28-11-7-13-32(21-28)41-3/h4-17,19,21,26H,18,20,22-25H2,1-3H3. The van der Waals surface area contributed by atoms with E-state index < -0.39 is 0 Å². The van der Waals surface area contributed by atoms with Crippen molar-refractivity contribution in [2.75, 3.05) is 20.2 Å². The number of halogens is 1. The quantitative estimate of drug-likeness (QED) is 0.175. The second kappa shape index (κ2) is 14.6. The smallest absolute Gasteiger partial charge is 0.254 e. The SMILES string of the molecule is COc1cccc(Cn2cccc2CN(Cc2ccccc2)C(=O)CN(CCC(C)C)C(=O)c2ccc(Cl)cc2)c1. The van der Waals surface area contributed by atoms with E-state index in [4.69, 9.17) is 16.3 Å². The van der Waals surface area contributed by atoms with Crippen LogP contribution in [0.1, 0.15) is 47.4 Å². The van der Waals surface area contributed by atoms with E-state index in [9.17, 15) is 9.59 Å². The molecule has 6 nitrogen and oxygen atoms in total.